The maximum Gasteiger partial charge on any atom is 0.230 e. The summed E-state index contributed by atoms with van der Waals surface area (Å²) in [6.45, 7) is 4.21. The largest absolute Gasteiger partial charge is 0.496 e. The Balaban J connectivity index is 1.99. The first-order chi connectivity index (χ1) is 9.99. The molecule has 2 aromatic rings. The van der Waals surface area contributed by atoms with Gasteiger partial charge in [0, 0.05) is 11.1 Å². The SMILES string of the molecule is COc1ccc(CC(=O)Nc2ncc(C(C)C)s2)cc1Br. The zero-order valence-electron chi connectivity index (χ0n) is 12.1. The quantitative estimate of drug-likeness (QED) is 0.859. The lowest BCUT2D eigenvalue weighted by Gasteiger charge is -2.06. The summed E-state index contributed by atoms with van der Waals surface area (Å²) >= 11 is 4.93. The summed E-state index contributed by atoms with van der Waals surface area (Å²) in [5.74, 6) is 1.10. The van der Waals surface area contributed by atoms with Crippen molar-refractivity contribution in [3.8, 4) is 5.75 Å². The number of carbonyl (C=O) groups excluding carboxylic acids is 1. The van der Waals surface area contributed by atoms with Gasteiger partial charge in [-0.15, -0.1) is 11.3 Å². The molecule has 21 heavy (non-hydrogen) atoms. The molecule has 1 heterocycles. The van der Waals surface area contributed by atoms with Crippen LogP contribution in [0.15, 0.2) is 28.9 Å². The molecule has 0 saturated heterocycles. The van der Waals surface area contributed by atoms with Crippen molar-refractivity contribution in [1.82, 2.24) is 4.98 Å². The molecule has 1 aromatic heterocycles. The van der Waals surface area contributed by atoms with Gasteiger partial charge in [0.25, 0.3) is 0 Å². The van der Waals surface area contributed by atoms with Gasteiger partial charge < -0.3 is 10.1 Å². The summed E-state index contributed by atoms with van der Waals surface area (Å²) in [7, 11) is 1.61. The van der Waals surface area contributed by atoms with Gasteiger partial charge in [0.15, 0.2) is 5.13 Å². The molecule has 4 nitrogen and oxygen atoms in total. The maximum atomic E-state index is 12.0. The number of ether oxygens (including phenoxy) is 1. The van der Waals surface area contributed by atoms with Gasteiger partial charge in [-0.05, 0) is 39.5 Å². The molecule has 1 aromatic carbocycles. The van der Waals surface area contributed by atoms with Crippen molar-refractivity contribution in [2.24, 2.45) is 0 Å². The molecule has 6 heteroatoms. The normalized spacial score (nSPS) is 10.7. The molecule has 0 aliphatic rings. The summed E-state index contributed by atoms with van der Waals surface area (Å²) in [5.41, 5.74) is 0.917. The summed E-state index contributed by atoms with van der Waals surface area (Å²) in [4.78, 5) is 17.4. The number of methoxy groups -OCH3 is 1. The number of nitrogens with one attached hydrogen (secondary N) is 1. The van der Waals surface area contributed by atoms with E-state index in [1.54, 1.807) is 7.11 Å². The zero-order valence-corrected chi connectivity index (χ0v) is 14.5. The highest BCUT2D eigenvalue weighted by Crippen LogP contribution is 2.27. The monoisotopic (exact) mass is 368 g/mol. The third kappa shape index (κ3) is 4.28. The predicted octanol–water partition coefficient (Wildman–Crippen LogP) is 4.22. The van der Waals surface area contributed by atoms with Crippen LogP contribution < -0.4 is 10.1 Å². The van der Waals surface area contributed by atoms with Crippen LogP contribution in [0.25, 0.3) is 0 Å². The van der Waals surface area contributed by atoms with Crippen LogP contribution in [0.4, 0.5) is 5.13 Å². The van der Waals surface area contributed by atoms with Crippen LogP contribution >= 0.6 is 27.3 Å². The van der Waals surface area contributed by atoms with E-state index in [1.807, 2.05) is 24.4 Å². The van der Waals surface area contributed by atoms with Gasteiger partial charge in [-0.1, -0.05) is 19.9 Å². The fourth-order valence-corrected chi connectivity index (χ4v) is 3.20. The van der Waals surface area contributed by atoms with Crippen LogP contribution in [0.5, 0.6) is 5.75 Å². The smallest absolute Gasteiger partial charge is 0.230 e. The van der Waals surface area contributed by atoms with E-state index in [2.05, 4.69) is 40.1 Å². The number of halogens is 1. The zero-order chi connectivity index (χ0) is 15.4. The minimum atomic E-state index is -0.0725. The van der Waals surface area contributed by atoms with Crippen LogP contribution in [0.2, 0.25) is 0 Å². The van der Waals surface area contributed by atoms with E-state index < -0.39 is 0 Å². The van der Waals surface area contributed by atoms with E-state index in [-0.39, 0.29) is 5.91 Å². The molecule has 0 atom stereocenters. The third-order valence-electron chi connectivity index (χ3n) is 2.92. The van der Waals surface area contributed by atoms with Crippen LogP contribution in [-0.4, -0.2) is 18.0 Å². The number of thiazole rings is 1. The lowest BCUT2D eigenvalue weighted by molar-refractivity contribution is -0.115. The van der Waals surface area contributed by atoms with E-state index in [0.717, 1.165) is 20.7 Å². The average molecular weight is 369 g/mol. The van der Waals surface area contributed by atoms with Crippen LogP contribution in [0.1, 0.15) is 30.2 Å². The Morgan fingerprint density at radius 3 is 2.81 bits per heavy atom. The number of amides is 1. The molecule has 0 spiro atoms. The van der Waals surface area contributed by atoms with Gasteiger partial charge in [-0.3, -0.25) is 4.79 Å². The first-order valence-corrected chi connectivity index (χ1v) is 8.18. The topological polar surface area (TPSA) is 51.2 Å². The predicted molar refractivity (Wildman–Crippen MR) is 89.2 cm³/mol. The van der Waals surface area contributed by atoms with Gasteiger partial charge in [0.05, 0.1) is 18.0 Å². The molecule has 0 fully saturated rings. The second kappa shape index (κ2) is 7.04. The molecule has 0 bridgehead atoms. The Morgan fingerprint density at radius 2 is 2.24 bits per heavy atom. The minimum absolute atomic E-state index is 0.0725. The van der Waals surface area contributed by atoms with Crippen molar-refractivity contribution >= 4 is 38.3 Å². The van der Waals surface area contributed by atoms with E-state index in [4.69, 9.17) is 4.74 Å². The van der Waals surface area contributed by atoms with E-state index >= 15 is 0 Å². The maximum absolute atomic E-state index is 12.0. The average Bonchev–Trinajstić information content (AvgIpc) is 2.87. The van der Waals surface area contributed by atoms with Crippen molar-refractivity contribution in [3.63, 3.8) is 0 Å². The molecule has 0 unspecified atom stereocenters. The highest BCUT2D eigenvalue weighted by atomic mass is 79.9. The molecule has 2 rings (SSSR count). The number of carbonyl (C=O) groups is 1. The van der Waals surface area contributed by atoms with Gasteiger partial charge in [0.2, 0.25) is 5.91 Å². The number of rotatable bonds is 5. The first-order valence-electron chi connectivity index (χ1n) is 6.57. The van der Waals surface area contributed by atoms with Crippen molar-refractivity contribution in [1.29, 1.82) is 0 Å². The molecule has 0 aliphatic carbocycles. The number of benzene rings is 1. The van der Waals surface area contributed by atoms with E-state index in [0.29, 0.717) is 17.5 Å². The number of anilines is 1. The number of hydrogen-bond acceptors (Lipinski definition) is 4. The Hall–Kier alpha value is -1.40. The second-order valence-corrected chi connectivity index (χ2v) is 6.83. The van der Waals surface area contributed by atoms with Gasteiger partial charge >= 0.3 is 0 Å². The fraction of sp³-hybridized carbons (Fsp3) is 0.333. The van der Waals surface area contributed by atoms with Crippen LogP contribution in [0.3, 0.4) is 0 Å². The van der Waals surface area contributed by atoms with Gasteiger partial charge in [0.1, 0.15) is 5.75 Å². The molecule has 1 amide bonds. The summed E-state index contributed by atoms with van der Waals surface area (Å²) in [6.07, 6.45) is 2.12. The number of aromatic nitrogens is 1. The molecule has 1 N–H and O–H groups in total. The summed E-state index contributed by atoms with van der Waals surface area (Å²) in [6, 6.07) is 5.61. The highest BCUT2D eigenvalue weighted by molar-refractivity contribution is 9.10. The molecular formula is C15H17BrN2O2S. The van der Waals surface area contributed by atoms with E-state index in [9.17, 15) is 4.79 Å². The minimum Gasteiger partial charge on any atom is -0.496 e. The second-order valence-electron chi connectivity index (χ2n) is 4.92. The van der Waals surface area contributed by atoms with Crippen molar-refractivity contribution in [2.45, 2.75) is 26.2 Å². The fourth-order valence-electron chi connectivity index (χ4n) is 1.78. The Bertz CT molecular complexity index is 640. The van der Waals surface area contributed by atoms with Crippen LogP contribution in [-0.2, 0) is 11.2 Å². The van der Waals surface area contributed by atoms with Crippen LogP contribution in [0, 0.1) is 0 Å². The standard InChI is InChI=1S/C15H17BrN2O2S/c1-9(2)13-8-17-15(21-13)18-14(19)7-10-4-5-12(20-3)11(16)6-10/h4-6,8-9H,7H2,1-3H3,(H,17,18,19). The number of hydrogen-bond donors (Lipinski definition) is 1. The Morgan fingerprint density at radius 1 is 1.48 bits per heavy atom. The molecule has 0 radical (unpaired) electrons. The third-order valence-corrected chi connectivity index (χ3v) is 4.75. The Kier molecular flexibility index (Phi) is 5.36. The summed E-state index contributed by atoms with van der Waals surface area (Å²) < 4.78 is 6.01. The molecule has 0 aliphatic heterocycles. The first kappa shape index (κ1) is 16.0. The van der Waals surface area contributed by atoms with E-state index in [1.165, 1.54) is 11.3 Å². The molecule has 112 valence electrons. The number of nitrogens with zero attached hydrogens (tertiary/aromatic N) is 1. The van der Waals surface area contributed by atoms with Crippen molar-refractivity contribution in [2.75, 3.05) is 12.4 Å². The lowest BCUT2D eigenvalue weighted by atomic mass is 10.1. The summed E-state index contributed by atoms with van der Waals surface area (Å²) in [5, 5.41) is 3.48. The lowest BCUT2D eigenvalue weighted by Crippen LogP contribution is -2.14. The van der Waals surface area contributed by atoms with Crippen molar-refractivity contribution < 1.29 is 9.53 Å². The Labute approximate surface area is 136 Å². The van der Waals surface area contributed by atoms with Gasteiger partial charge in [-0.25, -0.2) is 4.98 Å². The van der Waals surface area contributed by atoms with Crippen molar-refractivity contribution in [3.05, 3.63) is 39.3 Å². The highest BCUT2D eigenvalue weighted by Gasteiger charge is 2.10. The molecule has 0 saturated carbocycles. The molecular weight excluding hydrogens is 352 g/mol. The van der Waals surface area contributed by atoms with Gasteiger partial charge in [-0.2, -0.15) is 0 Å².